The highest BCUT2D eigenvalue weighted by Crippen LogP contribution is 2.18. The number of amides is 1. The van der Waals surface area contributed by atoms with Crippen molar-refractivity contribution in [1.29, 1.82) is 0 Å². The monoisotopic (exact) mass is 330 g/mol. The molecule has 2 N–H and O–H groups in total. The molecule has 1 heterocycles. The van der Waals surface area contributed by atoms with Crippen LogP contribution in [0, 0.1) is 10.5 Å². The van der Waals surface area contributed by atoms with Crippen LogP contribution in [0.15, 0.2) is 18.2 Å². The Balaban J connectivity index is 2.02. The van der Waals surface area contributed by atoms with Crippen LogP contribution in [-0.4, -0.2) is 18.5 Å². The van der Waals surface area contributed by atoms with Crippen LogP contribution in [0.2, 0.25) is 0 Å². The van der Waals surface area contributed by atoms with E-state index >= 15 is 0 Å². The van der Waals surface area contributed by atoms with Crippen LogP contribution < -0.4 is 10.6 Å². The predicted octanol–water partition coefficient (Wildman–Crippen LogP) is 2.29. The molecule has 1 aromatic carbocycles. The fraction of sp³-hybridized carbons (Fsp3) is 0.417. The van der Waals surface area contributed by atoms with Gasteiger partial charge in [0.2, 0.25) is 5.91 Å². The van der Waals surface area contributed by atoms with Crippen LogP contribution >= 0.6 is 22.6 Å². The molecular formula is C12H15IN2O. The van der Waals surface area contributed by atoms with E-state index in [-0.39, 0.29) is 11.9 Å². The first kappa shape index (κ1) is 11.9. The van der Waals surface area contributed by atoms with E-state index in [9.17, 15) is 4.79 Å². The molecule has 0 aromatic heterocycles. The highest BCUT2D eigenvalue weighted by Gasteiger charge is 2.21. The Morgan fingerprint density at radius 2 is 2.38 bits per heavy atom. The summed E-state index contributed by atoms with van der Waals surface area (Å²) >= 11 is 2.28. The summed E-state index contributed by atoms with van der Waals surface area (Å²) in [5.41, 5.74) is 2.12. The van der Waals surface area contributed by atoms with Gasteiger partial charge in [0.1, 0.15) is 0 Å². The Kier molecular flexibility index (Phi) is 3.81. The molecule has 0 aliphatic carbocycles. The average Bonchev–Trinajstić information content (AvgIpc) is 2.77. The number of hydrogen-bond acceptors (Lipinski definition) is 2. The van der Waals surface area contributed by atoms with Crippen LogP contribution in [0.4, 0.5) is 5.69 Å². The lowest BCUT2D eigenvalue weighted by molar-refractivity contribution is -0.117. The van der Waals surface area contributed by atoms with E-state index in [2.05, 4.69) is 40.1 Å². The number of anilines is 1. The molecule has 1 aliphatic rings. The summed E-state index contributed by atoms with van der Waals surface area (Å²) in [5, 5.41) is 6.13. The van der Waals surface area contributed by atoms with Crippen molar-refractivity contribution in [2.24, 2.45) is 0 Å². The van der Waals surface area contributed by atoms with Crippen LogP contribution in [-0.2, 0) is 4.79 Å². The molecule has 0 spiro atoms. The van der Waals surface area contributed by atoms with E-state index in [0.717, 1.165) is 25.1 Å². The van der Waals surface area contributed by atoms with Gasteiger partial charge in [-0.25, -0.2) is 0 Å². The number of aryl methyl sites for hydroxylation is 1. The third-order valence-electron chi connectivity index (χ3n) is 2.82. The molecule has 1 amide bonds. The zero-order valence-corrected chi connectivity index (χ0v) is 11.4. The van der Waals surface area contributed by atoms with Gasteiger partial charge in [-0.15, -0.1) is 0 Å². The Morgan fingerprint density at radius 1 is 1.56 bits per heavy atom. The Hall–Kier alpha value is -0.620. The molecule has 1 fully saturated rings. The summed E-state index contributed by atoms with van der Waals surface area (Å²) in [6.45, 7) is 3.01. The van der Waals surface area contributed by atoms with Crippen molar-refractivity contribution in [3.63, 3.8) is 0 Å². The normalized spacial score (nSPS) is 19.8. The molecule has 3 nitrogen and oxygen atoms in total. The first-order valence-electron chi connectivity index (χ1n) is 5.47. The summed E-state index contributed by atoms with van der Waals surface area (Å²) in [6.07, 6.45) is 2.03. The van der Waals surface area contributed by atoms with Crippen molar-refractivity contribution < 1.29 is 4.79 Å². The SMILES string of the molecule is Cc1ccc(NC(=O)C2CCCN2)cc1I. The fourth-order valence-electron chi connectivity index (χ4n) is 1.81. The molecule has 1 saturated heterocycles. The lowest BCUT2D eigenvalue weighted by Crippen LogP contribution is -2.35. The number of halogens is 1. The van der Waals surface area contributed by atoms with E-state index in [1.807, 2.05) is 18.2 Å². The number of carbonyl (C=O) groups excluding carboxylic acids is 1. The predicted molar refractivity (Wildman–Crippen MR) is 73.6 cm³/mol. The van der Waals surface area contributed by atoms with Gasteiger partial charge in [-0.2, -0.15) is 0 Å². The molecule has 86 valence electrons. The Morgan fingerprint density at radius 3 is 3.00 bits per heavy atom. The molecule has 1 unspecified atom stereocenters. The summed E-state index contributed by atoms with van der Waals surface area (Å²) in [7, 11) is 0. The standard InChI is InChI=1S/C12H15IN2O/c1-8-4-5-9(7-10(8)13)15-12(16)11-3-2-6-14-11/h4-5,7,11,14H,2-3,6H2,1H3,(H,15,16). The lowest BCUT2D eigenvalue weighted by Gasteiger charge is -2.11. The minimum absolute atomic E-state index is 0.0148. The highest BCUT2D eigenvalue weighted by atomic mass is 127. The van der Waals surface area contributed by atoms with Gasteiger partial charge in [0, 0.05) is 9.26 Å². The van der Waals surface area contributed by atoms with Crippen molar-refractivity contribution in [3.05, 3.63) is 27.3 Å². The maximum Gasteiger partial charge on any atom is 0.241 e. The van der Waals surface area contributed by atoms with E-state index in [1.54, 1.807) is 0 Å². The fourth-order valence-corrected chi connectivity index (χ4v) is 2.32. The van der Waals surface area contributed by atoms with Crippen molar-refractivity contribution in [3.8, 4) is 0 Å². The number of nitrogens with one attached hydrogen (secondary N) is 2. The third kappa shape index (κ3) is 2.74. The molecule has 1 atom stereocenters. The maximum atomic E-state index is 11.8. The topological polar surface area (TPSA) is 41.1 Å². The van der Waals surface area contributed by atoms with E-state index in [4.69, 9.17) is 0 Å². The van der Waals surface area contributed by atoms with Crippen molar-refractivity contribution >= 4 is 34.2 Å². The third-order valence-corrected chi connectivity index (χ3v) is 3.98. The van der Waals surface area contributed by atoms with Crippen molar-refractivity contribution in [2.75, 3.05) is 11.9 Å². The van der Waals surface area contributed by atoms with Gasteiger partial charge >= 0.3 is 0 Å². The highest BCUT2D eigenvalue weighted by molar-refractivity contribution is 14.1. The molecular weight excluding hydrogens is 315 g/mol. The summed E-state index contributed by atoms with van der Waals surface area (Å²) < 4.78 is 1.18. The smallest absolute Gasteiger partial charge is 0.241 e. The van der Waals surface area contributed by atoms with E-state index in [1.165, 1.54) is 9.13 Å². The molecule has 2 rings (SSSR count). The van der Waals surface area contributed by atoms with Gasteiger partial charge in [-0.1, -0.05) is 6.07 Å². The maximum absolute atomic E-state index is 11.8. The van der Waals surface area contributed by atoms with Gasteiger partial charge in [0.15, 0.2) is 0 Å². The zero-order valence-electron chi connectivity index (χ0n) is 9.22. The second-order valence-corrected chi connectivity index (χ2v) is 5.26. The number of benzene rings is 1. The van der Waals surface area contributed by atoms with Crippen LogP contribution in [0.25, 0.3) is 0 Å². The molecule has 4 heteroatoms. The lowest BCUT2D eigenvalue weighted by atomic mass is 10.2. The van der Waals surface area contributed by atoms with Crippen LogP contribution in [0.1, 0.15) is 18.4 Å². The molecule has 0 saturated carbocycles. The molecule has 16 heavy (non-hydrogen) atoms. The summed E-state index contributed by atoms with van der Waals surface area (Å²) in [5.74, 6) is 0.0807. The first-order chi connectivity index (χ1) is 7.66. The van der Waals surface area contributed by atoms with E-state index in [0.29, 0.717) is 0 Å². The van der Waals surface area contributed by atoms with Gasteiger partial charge in [-0.3, -0.25) is 4.79 Å². The zero-order chi connectivity index (χ0) is 11.5. The molecule has 0 bridgehead atoms. The Bertz CT molecular complexity index is 400. The quantitative estimate of drug-likeness (QED) is 0.817. The number of carbonyl (C=O) groups is 1. The van der Waals surface area contributed by atoms with E-state index < -0.39 is 0 Å². The molecule has 1 aliphatic heterocycles. The second-order valence-electron chi connectivity index (χ2n) is 4.10. The second kappa shape index (κ2) is 5.14. The van der Waals surface area contributed by atoms with Crippen molar-refractivity contribution in [1.82, 2.24) is 5.32 Å². The molecule has 0 radical (unpaired) electrons. The summed E-state index contributed by atoms with van der Waals surface area (Å²) in [6, 6.07) is 5.96. The summed E-state index contributed by atoms with van der Waals surface area (Å²) in [4.78, 5) is 11.8. The minimum atomic E-state index is -0.0148. The number of rotatable bonds is 2. The largest absolute Gasteiger partial charge is 0.325 e. The van der Waals surface area contributed by atoms with Gasteiger partial charge in [-0.05, 0) is 66.6 Å². The van der Waals surface area contributed by atoms with Gasteiger partial charge in [0.25, 0.3) is 0 Å². The first-order valence-corrected chi connectivity index (χ1v) is 6.55. The number of hydrogen-bond donors (Lipinski definition) is 2. The van der Waals surface area contributed by atoms with Crippen LogP contribution in [0.3, 0.4) is 0 Å². The van der Waals surface area contributed by atoms with Crippen molar-refractivity contribution in [2.45, 2.75) is 25.8 Å². The van der Waals surface area contributed by atoms with Gasteiger partial charge in [0.05, 0.1) is 6.04 Å². The molecule has 1 aromatic rings. The Labute approximate surface area is 109 Å². The van der Waals surface area contributed by atoms with Crippen LogP contribution in [0.5, 0.6) is 0 Å². The minimum Gasteiger partial charge on any atom is -0.325 e. The average molecular weight is 330 g/mol. The van der Waals surface area contributed by atoms with Gasteiger partial charge < -0.3 is 10.6 Å².